The van der Waals surface area contributed by atoms with Gasteiger partial charge in [0.1, 0.15) is 5.82 Å². The van der Waals surface area contributed by atoms with Crippen LogP contribution in [0.5, 0.6) is 0 Å². The van der Waals surface area contributed by atoms with Crippen LogP contribution in [0.3, 0.4) is 0 Å². The highest BCUT2D eigenvalue weighted by molar-refractivity contribution is 8.00. The second kappa shape index (κ2) is 8.67. The number of nitrogens with one attached hydrogen (secondary N) is 1. The van der Waals surface area contributed by atoms with E-state index in [0.29, 0.717) is 28.6 Å². The van der Waals surface area contributed by atoms with Gasteiger partial charge >= 0.3 is 0 Å². The number of fused-ring (bicyclic) bond motifs is 1. The Bertz CT molecular complexity index is 1370. The largest absolute Gasteiger partial charge is 0.351 e. The van der Waals surface area contributed by atoms with Crippen molar-refractivity contribution in [1.82, 2.24) is 14.9 Å². The number of thioether (sulfide) groups is 1. The van der Waals surface area contributed by atoms with Crippen LogP contribution in [0.25, 0.3) is 16.6 Å². The first kappa shape index (κ1) is 22.5. The Labute approximate surface area is 189 Å². The van der Waals surface area contributed by atoms with E-state index in [-0.39, 0.29) is 28.1 Å². The molecule has 2 heterocycles. The van der Waals surface area contributed by atoms with E-state index in [0.717, 1.165) is 11.8 Å². The molecule has 1 aliphatic rings. The lowest BCUT2D eigenvalue weighted by molar-refractivity contribution is -0.120. The molecule has 1 N–H and O–H groups in total. The van der Waals surface area contributed by atoms with E-state index >= 15 is 0 Å². The third kappa shape index (κ3) is 4.56. The SMILES string of the molecule is Cc1ccc(-n2c(SC(C)C(=O)NC3CCS(=O)(=O)C3)nc3ccccc3c2=O)cc1F. The Morgan fingerprint density at radius 3 is 2.72 bits per heavy atom. The number of benzene rings is 2. The summed E-state index contributed by atoms with van der Waals surface area (Å²) >= 11 is 1.06. The summed E-state index contributed by atoms with van der Waals surface area (Å²) in [5, 5.41) is 2.74. The summed E-state index contributed by atoms with van der Waals surface area (Å²) in [6, 6.07) is 10.9. The molecule has 2 atom stereocenters. The van der Waals surface area contributed by atoms with E-state index in [1.165, 1.54) is 10.6 Å². The zero-order valence-electron chi connectivity index (χ0n) is 17.5. The summed E-state index contributed by atoms with van der Waals surface area (Å²) in [4.78, 5) is 30.5. The molecule has 7 nitrogen and oxygen atoms in total. The maximum absolute atomic E-state index is 14.3. The van der Waals surface area contributed by atoms with Crippen molar-refractivity contribution >= 4 is 38.4 Å². The van der Waals surface area contributed by atoms with Gasteiger partial charge in [-0.05, 0) is 50.1 Å². The monoisotopic (exact) mass is 475 g/mol. The predicted molar refractivity (Wildman–Crippen MR) is 123 cm³/mol. The molecule has 0 bridgehead atoms. The van der Waals surface area contributed by atoms with E-state index in [2.05, 4.69) is 10.3 Å². The minimum atomic E-state index is -3.12. The smallest absolute Gasteiger partial charge is 0.266 e. The van der Waals surface area contributed by atoms with E-state index in [9.17, 15) is 22.4 Å². The molecule has 2 unspecified atom stereocenters. The minimum absolute atomic E-state index is 0.0598. The molecular formula is C22H22FN3O4S2. The van der Waals surface area contributed by atoms with Crippen LogP contribution in [0, 0.1) is 12.7 Å². The van der Waals surface area contributed by atoms with Gasteiger partial charge in [0.15, 0.2) is 15.0 Å². The van der Waals surface area contributed by atoms with Gasteiger partial charge in [-0.3, -0.25) is 14.2 Å². The zero-order valence-corrected chi connectivity index (χ0v) is 19.2. The number of amides is 1. The topological polar surface area (TPSA) is 98.1 Å². The maximum Gasteiger partial charge on any atom is 0.266 e. The van der Waals surface area contributed by atoms with Crippen LogP contribution in [0.1, 0.15) is 18.9 Å². The van der Waals surface area contributed by atoms with E-state index in [4.69, 9.17) is 0 Å². The molecular weight excluding hydrogens is 453 g/mol. The number of hydrogen-bond acceptors (Lipinski definition) is 6. The first-order chi connectivity index (χ1) is 15.1. The number of carbonyl (C=O) groups is 1. The molecule has 1 saturated heterocycles. The van der Waals surface area contributed by atoms with Crippen LogP contribution in [0.15, 0.2) is 52.4 Å². The molecule has 3 aromatic rings. The predicted octanol–water partition coefficient (Wildman–Crippen LogP) is 2.62. The molecule has 0 saturated carbocycles. The molecule has 1 aliphatic heterocycles. The van der Waals surface area contributed by atoms with Crippen LogP contribution in [-0.4, -0.2) is 46.7 Å². The summed E-state index contributed by atoms with van der Waals surface area (Å²) in [5.41, 5.74) is 0.867. The molecule has 0 aliphatic carbocycles. The second-order valence-corrected chi connectivity index (χ2v) is 11.4. The molecule has 2 aromatic carbocycles. The Morgan fingerprint density at radius 1 is 1.28 bits per heavy atom. The maximum atomic E-state index is 14.3. The lowest BCUT2D eigenvalue weighted by atomic mass is 10.2. The highest BCUT2D eigenvalue weighted by Gasteiger charge is 2.30. The average molecular weight is 476 g/mol. The average Bonchev–Trinajstić information content (AvgIpc) is 3.08. The molecule has 1 aromatic heterocycles. The normalized spacial score (nSPS) is 18.5. The number of aryl methyl sites for hydroxylation is 1. The second-order valence-electron chi connectivity index (χ2n) is 7.85. The number of sulfone groups is 1. The van der Waals surface area contributed by atoms with Crippen molar-refractivity contribution < 1.29 is 17.6 Å². The van der Waals surface area contributed by atoms with E-state index in [1.54, 1.807) is 50.2 Å². The third-order valence-corrected chi connectivity index (χ3v) is 8.21. The number of aromatic nitrogens is 2. The fourth-order valence-electron chi connectivity index (χ4n) is 3.58. The first-order valence-electron chi connectivity index (χ1n) is 10.1. The Kier molecular flexibility index (Phi) is 6.09. The van der Waals surface area contributed by atoms with E-state index in [1.807, 2.05) is 0 Å². The number of para-hydroxylation sites is 1. The Morgan fingerprint density at radius 2 is 2.03 bits per heavy atom. The molecule has 0 radical (unpaired) electrons. The van der Waals surface area contributed by atoms with Crippen molar-refractivity contribution in [2.45, 2.75) is 36.7 Å². The molecule has 32 heavy (non-hydrogen) atoms. The van der Waals surface area contributed by atoms with Gasteiger partial charge in [-0.15, -0.1) is 0 Å². The lowest BCUT2D eigenvalue weighted by Gasteiger charge is -2.18. The van der Waals surface area contributed by atoms with Crippen LogP contribution < -0.4 is 10.9 Å². The summed E-state index contributed by atoms with van der Waals surface area (Å²) in [7, 11) is -3.12. The fraction of sp³-hybridized carbons (Fsp3) is 0.318. The third-order valence-electron chi connectivity index (χ3n) is 5.39. The quantitative estimate of drug-likeness (QED) is 0.450. The Hall–Kier alpha value is -2.72. The number of halogens is 1. The molecule has 1 amide bonds. The van der Waals surface area contributed by atoms with Gasteiger partial charge < -0.3 is 5.32 Å². The highest BCUT2D eigenvalue weighted by Crippen LogP contribution is 2.26. The molecule has 10 heteroatoms. The molecule has 168 valence electrons. The van der Waals surface area contributed by atoms with Crippen molar-refractivity contribution in [1.29, 1.82) is 0 Å². The summed E-state index contributed by atoms with van der Waals surface area (Å²) < 4.78 is 38.9. The summed E-state index contributed by atoms with van der Waals surface area (Å²) in [6.07, 6.45) is 0.382. The molecule has 1 fully saturated rings. The van der Waals surface area contributed by atoms with Crippen molar-refractivity contribution in [2.24, 2.45) is 0 Å². The van der Waals surface area contributed by atoms with Gasteiger partial charge in [0.05, 0.1) is 33.3 Å². The van der Waals surface area contributed by atoms with Gasteiger partial charge in [-0.2, -0.15) is 0 Å². The van der Waals surface area contributed by atoms with Gasteiger partial charge in [-0.25, -0.2) is 17.8 Å². The van der Waals surface area contributed by atoms with Crippen molar-refractivity contribution in [3.63, 3.8) is 0 Å². The highest BCUT2D eigenvalue weighted by atomic mass is 32.2. The van der Waals surface area contributed by atoms with Crippen LogP contribution >= 0.6 is 11.8 Å². The molecule has 4 rings (SSSR count). The Balaban J connectivity index is 1.70. The zero-order chi connectivity index (χ0) is 23.0. The lowest BCUT2D eigenvalue weighted by Crippen LogP contribution is -2.40. The first-order valence-corrected chi connectivity index (χ1v) is 12.8. The van der Waals surface area contributed by atoms with Crippen LogP contribution in [0.4, 0.5) is 4.39 Å². The minimum Gasteiger partial charge on any atom is -0.351 e. The molecule has 0 spiro atoms. The number of carbonyl (C=O) groups excluding carboxylic acids is 1. The van der Waals surface area contributed by atoms with Gasteiger partial charge in [0, 0.05) is 6.04 Å². The van der Waals surface area contributed by atoms with Crippen LogP contribution in [0.2, 0.25) is 0 Å². The number of rotatable bonds is 5. The number of hydrogen-bond donors (Lipinski definition) is 1. The summed E-state index contributed by atoms with van der Waals surface area (Å²) in [6.45, 7) is 3.29. The van der Waals surface area contributed by atoms with Crippen molar-refractivity contribution in [2.75, 3.05) is 11.5 Å². The summed E-state index contributed by atoms with van der Waals surface area (Å²) in [5.74, 6) is -0.810. The van der Waals surface area contributed by atoms with E-state index < -0.39 is 26.9 Å². The van der Waals surface area contributed by atoms with Gasteiger partial charge in [-0.1, -0.05) is 30.0 Å². The van der Waals surface area contributed by atoms with Gasteiger partial charge in [0.25, 0.3) is 5.56 Å². The van der Waals surface area contributed by atoms with Crippen LogP contribution in [-0.2, 0) is 14.6 Å². The van der Waals surface area contributed by atoms with Crippen molar-refractivity contribution in [3.05, 3.63) is 64.2 Å². The standard InChI is InChI=1S/C22H22FN3O4S2/c1-13-7-8-16(11-18(13)23)26-21(28)17-5-3-4-6-19(17)25-22(26)31-14(2)20(27)24-15-9-10-32(29,30)12-15/h3-8,11,14-15H,9-10,12H2,1-2H3,(H,24,27). The number of nitrogens with zero attached hydrogens (tertiary/aromatic N) is 2. The van der Waals surface area contributed by atoms with Crippen molar-refractivity contribution in [3.8, 4) is 5.69 Å². The van der Waals surface area contributed by atoms with Gasteiger partial charge in [0.2, 0.25) is 5.91 Å². The fourth-order valence-corrected chi connectivity index (χ4v) is 6.19.